The lowest BCUT2D eigenvalue weighted by atomic mass is 9.96. The van der Waals surface area contributed by atoms with Crippen molar-refractivity contribution >= 4 is 28.7 Å². The zero-order chi connectivity index (χ0) is 15.2. The van der Waals surface area contributed by atoms with Crippen LogP contribution in [0.5, 0.6) is 0 Å². The molecule has 21 heavy (non-hydrogen) atoms. The van der Waals surface area contributed by atoms with Crippen molar-refractivity contribution in [3.05, 3.63) is 34.7 Å². The summed E-state index contributed by atoms with van der Waals surface area (Å²) in [5, 5.41) is 12.4. The van der Waals surface area contributed by atoms with Crippen LogP contribution in [0.1, 0.15) is 35.8 Å². The Labute approximate surface area is 132 Å². The fourth-order valence-corrected chi connectivity index (χ4v) is 7.66. The van der Waals surface area contributed by atoms with Gasteiger partial charge in [0.25, 0.3) is 0 Å². The highest BCUT2D eigenvalue weighted by Gasteiger charge is 2.45. The van der Waals surface area contributed by atoms with Gasteiger partial charge in [0.1, 0.15) is 0 Å². The Morgan fingerprint density at radius 3 is 2.57 bits per heavy atom. The van der Waals surface area contributed by atoms with Gasteiger partial charge in [0.05, 0.1) is 11.8 Å². The topological polar surface area (TPSA) is 20.2 Å². The molecule has 3 atom stereocenters. The first-order valence-corrected chi connectivity index (χ1v) is 11.9. The number of hydrogen-bond acceptors (Lipinski definition) is 2. The maximum atomic E-state index is 11.1. The van der Waals surface area contributed by atoms with Crippen LogP contribution in [0.4, 0.5) is 0 Å². The van der Waals surface area contributed by atoms with Crippen molar-refractivity contribution in [3.63, 3.8) is 0 Å². The fourth-order valence-electron chi connectivity index (χ4n) is 3.97. The monoisotopic (exact) mass is 321 g/mol. The van der Waals surface area contributed by atoms with E-state index in [0.29, 0.717) is 5.92 Å². The first-order chi connectivity index (χ1) is 9.89. The molecule has 1 N–H and O–H groups in total. The third-order valence-electron chi connectivity index (χ3n) is 5.08. The molecule has 1 aromatic heterocycles. The van der Waals surface area contributed by atoms with E-state index < -0.39 is 7.26 Å². The van der Waals surface area contributed by atoms with E-state index in [9.17, 15) is 5.11 Å². The summed E-state index contributed by atoms with van der Waals surface area (Å²) in [6.45, 7) is 9.47. The summed E-state index contributed by atoms with van der Waals surface area (Å²) < 4.78 is 1.31. The molecular weight excluding hydrogens is 295 g/mol. The molecule has 0 amide bonds. The Hall–Kier alpha value is -0.430. The molecule has 0 spiro atoms. The predicted molar refractivity (Wildman–Crippen MR) is 97.3 cm³/mol. The summed E-state index contributed by atoms with van der Waals surface area (Å²) >= 11 is 1.79. The lowest BCUT2D eigenvalue weighted by Gasteiger charge is -2.29. The van der Waals surface area contributed by atoms with Crippen molar-refractivity contribution < 1.29 is 5.11 Å². The number of thiophene rings is 1. The minimum atomic E-state index is -0.899. The Morgan fingerprint density at radius 1 is 1.19 bits per heavy atom. The van der Waals surface area contributed by atoms with Gasteiger partial charge in [-0.15, -0.1) is 11.3 Å². The SMILES string of the molecule is Cc1c(C(O)C2CCCC2[P+](C)(C)C)sc2ccccc12. The summed E-state index contributed by atoms with van der Waals surface area (Å²) in [4.78, 5) is 1.21. The highest BCUT2D eigenvalue weighted by molar-refractivity contribution is 7.74. The predicted octanol–water partition coefficient (Wildman–Crippen LogP) is 5.32. The van der Waals surface area contributed by atoms with Crippen LogP contribution in [0.25, 0.3) is 10.1 Å². The zero-order valence-electron chi connectivity index (χ0n) is 13.5. The highest BCUT2D eigenvalue weighted by Crippen LogP contribution is 2.62. The summed E-state index contributed by atoms with van der Waals surface area (Å²) in [5.41, 5.74) is 2.03. The van der Waals surface area contributed by atoms with Crippen molar-refractivity contribution in [2.75, 3.05) is 20.0 Å². The molecule has 3 unspecified atom stereocenters. The summed E-state index contributed by atoms with van der Waals surface area (Å²) in [7, 11) is -0.899. The third kappa shape index (κ3) is 2.79. The van der Waals surface area contributed by atoms with Gasteiger partial charge in [-0.25, -0.2) is 0 Å². The van der Waals surface area contributed by atoms with Crippen LogP contribution in [0.15, 0.2) is 24.3 Å². The molecule has 1 saturated carbocycles. The van der Waals surface area contributed by atoms with Gasteiger partial charge in [-0.05, 0) is 43.2 Å². The molecule has 3 rings (SSSR count). The van der Waals surface area contributed by atoms with Gasteiger partial charge in [0, 0.05) is 42.8 Å². The Bertz CT molecular complexity index is 640. The quantitative estimate of drug-likeness (QED) is 0.759. The molecule has 1 heterocycles. The maximum absolute atomic E-state index is 11.1. The van der Waals surface area contributed by atoms with E-state index >= 15 is 0 Å². The number of aliphatic hydroxyl groups is 1. The van der Waals surface area contributed by atoms with E-state index in [4.69, 9.17) is 0 Å². The van der Waals surface area contributed by atoms with Crippen LogP contribution in [0.3, 0.4) is 0 Å². The average molecular weight is 321 g/mol. The molecule has 1 aliphatic carbocycles. The van der Waals surface area contributed by atoms with Crippen molar-refractivity contribution in [1.82, 2.24) is 0 Å². The lowest BCUT2D eigenvalue weighted by Crippen LogP contribution is -2.23. The van der Waals surface area contributed by atoms with Crippen LogP contribution >= 0.6 is 18.6 Å². The van der Waals surface area contributed by atoms with Crippen molar-refractivity contribution in [2.45, 2.75) is 37.9 Å². The van der Waals surface area contributed by atoms with E-state index in [1.165, 1.54) is 39.8 Å². The molecule has 1 fully saturated rings. The summed E-state index contributed by atoms with van der Waals surface area (Å²) in [5.74, 6) is 0.463. The molecule has 1 aliphatic rings. The van der Waals surface area contributed by atoms with E-state index in [1.54, 1.807) is 11.3 Å². The second-order valence-electron chi connectivity index (χ2n) is 7.31. The molecule has 0 bridgehead atoms. The van der Waals surface area contributed by atoms with Gasteiger partial charge in [-0.1, -0.05) is 18.2 Å². The third-order valence-corrected chi connectivity index (χ3v) is 9.06. The molecule has 114 valence electrons. The van der Waals surface area contributed by atoms with Gasteiger partial charge in [-0.2, -0.15) is 0 Å². The molecule has 0 radical (unpaired) electrons. The standard InChI is InChI=1S/C18H26OPS/c1-12-13-8-5-6-11-16(13)21-18(12)17(19)14-9-7-10-15(14)20(2,3)4/h5-6,8,11,14-15,17,19H,7,9-10H2,1-4H3/q+1. The number of hydrogen-bond donors (Lipinski definition) is 1. The smallest absolute Gasteiger partial charge is 0.0950 e. The summed E-state index contributed by atoms with van der Waals surface area (Å²) in [6, 6.07) is 8.54. The minimum Gasteiger partial charge on any atom is -0.387 e. The van der Waals surface area contributed by atoms with Gasteiger partial charge in [0.2, 0.25) is 0 Å². The van der Waals surface area contributed by atoms with Crippen molar-refractivity contribution in [2.24, 2.45) is 5.92 Å². The molecule has 2 aromatic rings. The number of aryl methyl sites for hydroxylation is 1. The zero-order valence-corrected chi connectivity index (χ0v) is 15.2. The Balaban J connectivity index is 1.96. The van der Waals surface area contributed by atoms with Gasteiger partial charge in [0.15, 0.2) is 0 Å². The van der Waals surface area contributed by atoms with Gasteiger partial charge < -0.3 is 5.11 Å². The van der Waals surface area contributed by atoms with E-state index in [2.05, 4.69) is 51.2 Å². The van der Waals surface area contributed by atoms with Crippen LogP contribution in [0.2, 0.25) is 0 Å². The van der Waals surface area contributed by atoms with E-state index in [-0.39, 0.29) is 6.10 Å². The van der Waals surface area contributed by atoms with Crippen LogP contribution in [-0.4, -0.2) is 30.8 Å². The van der Waals surface area contributed by atoms with Crippen LogP contribution in [-0.2, 0) is 0 Å². The first kappa shape index (κ1) is 15.5. The second-order valence-corrected chi connectivity index (χ2v) is 13.3. The van der Waals surface area contributed by atoms with Gasteiger partial charge >= 0.3 is 0 Å². The lowest BCUT2D eigenvalue weighted by molar-refractivity contribution is 0.116. The molecule has 0 aliphatic heterocycles. The molecule has 1 aromatic carbocycles. The van der Waals surface area contributed by atoms with E-state index in [1.807, 2.05) is 0 Å². The second kappa shape index (κ2) is 5.65. The number of benzene rings is 1. The molecule has 0 saturated heterocycles. The van der Waals surface area contributed by atoms with Crippen LogP contribution in [0, 0.1) is 12.8 Å². The van der Waals surface area contributed by atoms with Gasteiger partial charge in [-0.3, -0.25) is 0 Å². The van der Waals surface area contributed by atoms with Crippen LogP contribution < -0.4 is 0 Å². The normalized spacial score (nSPS) is 24.6. The molecule has 1 nitrogen and oxygen atoms in total. The minimum absolute atomic E-state index is 0.269. The van der Waals surface area contributed by atoms with Crippen molar-refractivity contribution in [3.8, 4) is 0 Å². The molecule has 3 heteroatoms. The number of rotatable bonds is 3. The first-order valence-electron chi connectivity index (χ1n) is 7.87. The summed E-state index contributed by atoms with van der Waals surface area (Å²) in [6.07, 6.45) is 3.52. The Kier molecular flexibility index (Phi) is 4.16. The number of fused-ring (bicyclic) bond motifs is 1. The highest BCUT2D eigenvalue weighted by atomic mass is 32.1. The largest absolute Gasteiger partial charge is 0.387 e. The molecular formula is C18H26OPS+. The van der Waals surface area contributed by atoms with E-state index in [0.717, 1.165) is 5.66 Å². The Morgan fingerprint density at radius 2 is 1.90 bits per heavy atom. The average Bonchev–Trinajstić information content (AvgIpc) is 3.03. The van der Waals surface area contributed by atoms with Crippen molar-refractivity contribution in [1.29, 1.82) is 0 Å². The number of aliphatic hydroxyl groups excluding tert-OH is 1. The fraction of sp³-hybridized carbons (Fsp3) is 0.556. The maximum Gasteiger partial charge on any atom is 0.0950 e.